The number of hydrogen-bond donors (Lipinski definition) is 1. The molecule has 3 heteroatoms. The molecular weight excluding hydrogens is 178 g/mol. The Morgan fingerprint density at radius 2 is 2.07 bits per heavy atom. The molecule has 1 aromatic carbocycles. The highest BCUT2D eigenvalue weighted by molar-refractivity contribution is 5.97. The number of esters is 1. The Morgan fingerprint density at radius 1 is 1.43 bits per heavy atom. The highest BCUT2D eigenvalue weighted by Crippen LogP contribution is 2.20. The van der Waals surface area contributed by atoms with E-state index in [-0.39, 0.29) is 5.97 Å². The first-order valence-corrected chi connectivity index (χ1v) is 4.60. The van der Waals surface area contributed by atoms with Crippen LogP contribution in [0.4, 0.5) is 5.69 Å². The molecule has 0 bridgehead atoms. The summed E-state index contributed by atoms with van der Waals surface area (Å²) >= 11 is 0. The van der Waals surface area contributed by atoms with Crippen molar-refractivity contribution < 1.29 is 9.53 Å². The molecular formula is C11H15NO2. The van der Waals surface area contributed by atoms with E-state index in [2.05, 4.69) is 0 Å². The molecule has 1 rings (SSSR count). The number of nitrogens with two attached hydrogens (primary N) is 1. The van der Waals surface area contributed by atoms with Crippen molar-refractivity contribution in [3.8, 4) is 0 Å². The fraction of sp³-hybridized carbons (Fsp3) is 0.364. The minimum atomic E-state index is -0.341. The molecule has 0 amide bonds. The van der Waals surface area contributed by atoms with Gasteiger partial charge in [-0.05, 0) is 38.0 Å². The first-order chi connectivity index (χ1) is 6.57. The van der Waals surface area contributed by atoms with Crippen LogP contribution in [0.3, 0.4) is 0 Å². The lowest BCUT2D eigenvalue weighted by Gasteiger charge is -2.10. The number of aryl methyl sites for hydroxylation is 1. The highest BCUT2D eigenvalue weighted by Gasteiger charge is 2.14. The Labute approximate surface area is 83.9 Å². The molecule has 0 saturated heterocycles. The number of anilines is 1. The van der Waals surface area contributed by atoms with Crippen molar-refractivity contribution in [2.45, 2.75) is 20.8 Å². The van der Waals surface area contributed by atoms with E-state index in [0.717, 1.165) is 11.1 Å². The number of rotatable bonds is 2. The van der Waals surface area contributed by atoms with Crippen LogP contribution in [0.1, 0.15) is 28.4 Å². The SMILES string of the molecule is CCOC(=O)c1c(N)ccc(C)c1C. The van der Waals surface area contributed by atoms with Crippen LogP contribution >= 0.6 is 0 Å². The van der Waals surface area contributed by atoms with Gasteiger partial charge in [-0.25, -0.2) is 4.79 Å². The number of benzene rings is 1. The van der Waals surface area contributed by atoms with Gasteiger partial charge in [0.15, 0.2) is 0 Å². The summed E-state index contributed by atoms with van der Waals surface area (Å²) in [5.41, 5.74) is 8.63. The highest BCUT2D eigenvalue weighted by atomic mass is 16.5. The number of hydrogen-bond acceptors (Lipinski definition) is 3. The van der Waals surface area contributed by atoms with Gasteiger partial charge in [0, 0.05) is 5.69 Å². The molecule has 0 spiro atoms. The topological polar surface area (TPSA) is 52.3 Å². The molecule has 0 aliphatic heterocycles. The van der Waals surface area contributed by atoms with E-state index < -0.39 is 0 Å². The van der Waals surface area contributed by atoms with E-state index >= 15 is 0 Å². The molecule has 1 aromatic rings. The lowest BCUT2D eigenvalue weighted by atomic mass is 10.0. The molecule has 0 fully saturated rings. The zero-order valence-corrected chi connectivity index (χ0v) is 8.76. The van der Waals surface area contributed by atoms with Gasteiger partial charge in [0.1, 0.15) is 0 Å². The molecule has 14 heavy (non-hydrogen) atoms. The van der Waals surface area contributed by atoms with Crippen molar-refractivity contribution in [1.82, 2.24) is 0 Å². The van der Waals surface area contributed by atoms with Gasteiger partial charge in [-0.3, -0.25) is 0 Å². The van der Waals surface area contributed by atoms with Crippen LogP contribution in [-0.2, 0) is 4.74 Å². The van der Waals surface area contributed by atoms with Gasteiger partial charge in [0.25, 0.3) is 0 Å². The van der Waals surface area contributed by atoms with Gasteiger partial charge >= 0.3 is 5.97 Å². The fourth-order valence-electron chi connectivity index (χ4n) is 1.31. The van der Waals surface area contributed by atoms with Crippen LogP contribution in [-0.4, -0.2) is 12.6 Å². The smallest absolute Gasteiger partial charge is 0.340 e. The second-order valence-corrected chi connectivity index (χ2v) is 3.19. The first kappa shape index (κ1) is 10.6. The summed E-state index contributed by atoms with van der Waals surface area (Å²) < 4.78 is 4.93. The van der Waals surface area contributed by atoms with Gasteiger partial charge in [0.05, 0.1) is 12.2 Å². The van der Waals surface area contributed by atoms with Crippen molar-refractivity contribution in [2.75, 3.05) is 12.3 Å². The Balaban J connectivity index is 3.18. The monoisotopic (exact) mass is 193 g/mol. The van der Waals surface area contributed by atoms with Crippen molar-refractivity contribution >= 4 is 11.7 Å². The summed E-state index contributed by atoms with van der Waals surface area (Å²) in [7, 11) is 0. The van der Waals surface area contributed by atoms with Crippen LogP contribution < -0.4 is 5.73 Å². The Bertz CT molecular complexity index is 359. The van der Waals surface area contributed by atoms with Gasteiger partial charge in [-0.1, -0.05) is 6.07 Å². The fourth-order valence-corrected chi connectivity index (χ4v) is 1.31. The Hall–Kier alpha value is -1.51. The van der Waals surface area contributed by atoms with E-state index in [1.165, 1.54) is 0 Å². The van der Waals surface area contributed by atoms with Crippen molar-refractivity contribution in [3.05, 3.63) is 28.8 Å². The summed E-state index contributed by atoms with van der Waals surface area (Å²) in [6.07, 6.45) is 0. The molecule has 0 aliphatic carbocycles. The first-order valence-electron chi connectivity index (χ1n) is 4.60. The molecule has 76 valence electrons. The van der Waals surface area contributed by atoms with E-state index in [1.54, 1.807) is 13.0 Å². The van der Waals surface area contributed by atoms with Crippen LogP contribution in [0.25, 0.3) is 0 Å². The molecule has 2 N–H and O–H groups in total. The van der Waals surface area contributed by atoms with Gasteiger partial charge in [-0.2, -0.15) is 0 Å². The van der Waals surface area contributed by atoms with E-state index in [1.807, 2.05) is 19.9 Å². The van der Waals surface area contributed by atoms with Gasteiger partial charge in [0.2, 0.25) is 0 Å². The lowest BCUT2D eigenvalue weighted by molar-refractivity contribution is 0.0526. The second kappa shape index (κ2) is 4.13. The number of carbonyl (C=O) groups excluding carboxylic acids is 1. The molecule has 0 aliphatic rings. The molecule has 0 heterocycles. The van der Waals surface area contributed by atoms with Crippen molar-refractivity contribution in [1.29, 1.82) is 0 Å². The third kappa shape index (κ3) is 1.87. The predicted octanol–water partition coefficient (Wildman–Crippen LogP) is 2.06. The van der Waals surface area contributed by atoms with Crippen LogP contribution in [0, 0.1) is 13.8 Å². The number of carbonyl (C=O) groups is 1. The molecule has 0 saturated carbocycles. The number of nitrogen functional groups attached to an aromatic ring is 1. The Kier molecular flexibility index (Phi) is 3.12. The summed E-state index contributed by atoms with van der Waals surface area (Å²) in [4.78, 5) is 11.5. The average molecular weight is 193 g/mol. The molecule has 0 unspecified atom stereocenters. The molecule has 0 aromatic heterocycles. The van der Waals surface area contributed by atoms with Crippen molar-refractivity contribution in [2.24, 2.45) is 0 Å². The minimum absolute atomic E-state index is 0.341. The summed E-state index contributed by atoms with van der Waals surface area (Å²) in [6.45, 7) is 5.96. The van der Waals surface area contributed by atoms with Crippen LogP contribution in [0.2, 0.25) is 0 Å². The number of ether oxygens (including phenoxy) is 1. The zero-order valence-electron chi connectivity index (χ0n) is 8.76. The third-order valence-electron chi connectivity index (χ3n) is 2.25. The zero-order chi connectivity index (χ0) is 10.7. The van der Waals surface area contributed by atoms with E-state index in [9.17, 15) is 4.79 Å². The standard InChI is InChI=1S/C11H15NO2/c1-4-14-11(13)10-8(3)7(2)5-6-9(10)12/h5-6H,4,12H2,1-3H3. The predicted molar refractivity (Wildman–Crippen MR) is 56.3 cm³/mol. The average Bonchev–Trinajstić information content (AvgIpc) is 2.13. The van der Waals surface area contributed by atoms with E-state index in [4.69, 9.17) is 10.5 Å². The van der Waals surface area contributed by atoms with Gasteiger partial charge < -0.3 is 10.5 Å². The van der Waals surface area contributed by atoms with Gasteiger partial charge in [-0.15, -0.1) is 0 Å². The minimum Gasteiger partial charge on any atom is -0.462 e. The molecule has 3 nitrogen and oxygen atoms in total. The molecule has 0 radical (unpaired) electrons. The molecule has 0 atom stereocenters. The third-order valence-corrected chi connectivity index (χ3v) is 2.25. The summed E-state index contributed by atoms with van der Waals surface area (Å²) in [5, 5.41) is 0. The maximum absolute atomic E-state index is 11.5. The van der Waals surface area contributed by atoms with Crippen molar-refractivity contribution in [3.63, 3.8) is 0 Å². The van der Waals surface area contributed by atoms with E-state index in [0.29, 0.717) is 17.9 Å². The van der Waals surface area contributed by atoms with Crippen LogP contribution in [0.5, 0.6) is 0 Å². The maximum Gasteiger partial charge on any atom is 0.340 e. The largest absolute Gasteiger partial charge is 0.462 e. The summed E-state index contributed by atoms with van der Waals surface area (Å²) in [6, 6.07) is 3.63. The maximum atomic E-state index is 11.5. The lowest BCUT2D eigenvalue weighted by Crippen LogP contribution is -2.10. The quantitative estimate of drug-likeness (QED) is 0.577. The summed E-state index contributed by atoms with van der Waals surface area (Å²) in [5.74, 6) is -0.341. The Morgan fingerprint density at radius 3 is 2.64 bits per heavy atom. The van der Waals surface area contributed by atoms with Crippen LogP contribution in [0.15, 0.2) is 12.1 Å². The normalized spacial score (nSPS) is 9.93. The second-order valence-electron chi connectivity index (χ2n) is 3.19.